The molecule has 2 aromatic heterocycles. The highest BCUT2D eigenvalue weighted by Crippen LogP contribution is 2.26. The highest BCUT2D eigenvalue weighted by atomic mass is 16.3. The molecule has 0 aliphatic carbocycles. The molecule has 16 heavy (non-hydrogen) atoms. The molecule has 4 N–H and O–H groups in total. The summed E-state index contributed by atoms with van der Waals surface area (Å²) in [5.74, 6) is 3.01. The van der Waals surface area contributed by atoms with E-state index in [1.807, 2.05) is 38.1 Å². The Hall–Kier alpha value is -1.52. The molecule has 0 radical (unpaired) electrons. The van der Waals surface area contributed by atoms with E-state index in [0.717, 1.165) is 11.5 Å². The smallest absolute Gasteiger partial charge is 0.122 e. The van der Waals surface area contributed by atoms with Crippen LogP contribution in [-0.2, 0) is 0 Å². The molecule has 0 amide bonds. The van der Waals surface area contributed by atoms with Gasteiger partial charge in [0.1, 0.15) is 23.0 Å². The summed E-state index contributed by atoms with van der Waals surface area (Å²) in [5.41, 5.74) is 12.0. The van der Waals surface area contributed by atoms with Crippen LogP contribution in [0.5, 0.6) is 0 Å². The van der Waals surface area contributed by atoms with Crippen LogP contribution in [0.3, 0.4) is 0 Å². The van der Waals surface area contributed by atoms with E-state index in [1.165, 1.54) is 0 Å². The minimum atomic E-state index is -0.390. The topological polar surface area (TPSA) is 78.3 Å². The van der Waals surface area contributed by atoms with Crippen LogP contribution in [0.1, 0.15) is 35.1 Å². The van der Waals surface area contributed by atoms with Gasteiger partial charge in [-0.1, -0.05) is 0 Å². The van der Waals surface area contributed by atoms with Gasteiger partial charge in [-0.05, 0) is 38.1 Å². The second kappa shape index (κ2) is 4.15. The van der Waals surface area contributed by atoms with Gasteiger partial charge in [0.05, 0.1) is 12.1 Å². The van der Waals surface area contributed by atoms with Crippen molar-refractivity contribution in [1.29, 1.82) is 0 Å². The van der Waals surface area contributed by atoms with E-state index in [4.69, 9.17) is 20.3 Å². The lowest BCUT2D eigenvalue weighted by Crippen LogP contribution is -2.25. The van der Waals surface area contributed by atoms with Crippen molar-refractivity contribution in [2.75, 3.05) is 0 Å². The molecule has 0 aliphatic heterocycles. The van der Waals surface area contributed by atoms with Crippen LogP contribution in [-0.4, -0.2) is 0 Å². The molecule has 2 heterocycles. The fourth-order valence-corrected chi connectivity index (χ4v) is 1.62. The minimum absolute atomic E-state index is 0.390. The standard InChI is InChI=1S/C12H16N2O2/c1-7-3-5-9(15-7)11(13)12(14)10-6-4-8(2)16-10/h3-6,11-12H,13-14H2,1-2H3. The van der Waals surface area contributed by atoms with Crippen molar-refractivity contribution < 1.29 is 8.83 Å². The number of nitrogens with two attached hydrogens (primary N) is 2. The van der Waals surface area contributed by atoms with Crippen LogP contribution in [0.25, 0.3) is 0 Å². The Morgan fingerprint density at radius 1 is 0.812 bits per heavy atom. The number of rotatable bonds is 3. The van der Waals surface area contributed by atoms with Gasteiger partial charge < -0.3 is 20.3 Å². The molecule has 0 aromatic carbocycles. The van der Waals surface area contributed by atoms with Crippen molar-refractivity contribution in [3.8, 4) is 0 Å². The maximum atomic E-state index is 6.01. The first-order valence-corrected chi connectivity index (χ1v) is 5.22. The van der Waals surface area contributed by atoms with Gasteiger partial charge in [0.25, 0.3) is 0 Å². The van der Waals surface area contributed by atoms with Crippen molar-refractivity contribution in [2.45, 2.75) is 25.9 Å². The first-order chi connectivity index (χ1) is 7.58. The van der Waals surface area contributed by atoms with Crippen LogP contribution >= 0.6 is 0 Å². The number of hydrogen-bond acceptors (Lipinski definition) is 4. The lowest BCUT2D eigenvalue weighted by Gasteiger charge is -2.15. The van der Waals surface area contributed by atoms with Crippen LogP contribution in [0.2, 0.25) is 0 Å². The van der Waals surface area contributed by atoms with Crippen LogP contribution < -0.4 is 11.5 Å². The maximum Gasteiger partial charge on any atom is 0.122 e. The van der Waals surface area contributed by atoms with E-state index in [1.54, 1.807) is 0 Å². The highest BCUT2D eigenvalue weighted by Gasteiger charge is 2.22. The van der Waals surface area contributed by atoms with Crippen molar-refractivity contribution in [3.63, 3.8) is 0 Å². The fraction of sp³-hybridized carbons (Fsp3) is 0.333. The lowest BCUT2D eigenvalue weighted by atomic mass is 10.1. The molecule has 4 nitrogen and oxygen atoms in total. The van der Waals surface area contributed by atoms with Gasteiger partial charge in [0.15, 0.2) is 0 Å². The third kappa shape index (κ3) is 2.03. The Kier molecular flexibility index (Phi) is 2.85. The summed E-state index contributed by atoms with van der Waals surface area (Å²) in [6.45, 7) is 3.75. The second-order valence-corrected chi connectivity index (χ2v) is 3.95. The van der Waals surface area contributed by atoms with Crippen molar-refractivity contribution >= 4 is 0 Å². The monoisotopic (exact) mass is 220 g/mol. The molecular formula is C12H16N2O2. The second-order valence-electron chi connectivity index (χ2n) is 3.95. The van der Waals surface area contributed by atoms with E-state index in [9.17, 15) is 0 Å². The average molecular weight is 220 g/mol. The van der Waals surface area contributed by atoms with Gasteiger partial charge in [-0.25, -0.2) is 0 Å². The van der Waals surface area contributed by atoms with E-state index in [0.29, 0.717) is 11.5 Å². The molecule has 2 aromatic rings. The molecule has 4 heteroatoms. The van der Waals surface area contributed by atoms with Gasteiger partial charge in [0.2, 0.25) is 0 Å². The third-order valence-electron chi connectivity index (χ3n) is 2.57. The zero-order valence-electron chi connectivity index (χ0n) is 9.44. The molecule has 2 rings (SSSR count). The number of furan rings is 2. The Bertz CT molecular complexity index is 429. The van der Waals surface area contributed by atoms with Crippen LogP contribution in [0, 0.1) is 13.8 Å². The molecule has 0 saturated heterocycles. The molecule has 2 unspecified atom stereocenters. The van der Waals surface area contributed by atoms with Gasteiger partial charge >= 0.3 is 0 Å². The molecular weight excluding hydrogens is 204 g/mol. The Morgan fingerprint density at radius 2 is 1.19 bits per heavy atom. The van der Waals surface area contributed by atoms with E-state index in [-0.39, 0.29) is 12.1 Å². The molecule has 0 bridgehead atoms. The van der Waals surface area contributed by atoms with Crippen molar-refractivity contribution in [2.24, 2.45) is 11.5 Å². The zero-order chi connectivity index (χ0) is 11.7. The third-order valence-corrected chi connectivity index (χ3v) is 2.57. The zero-order valence-corrected chi connectivity index (χ0v) is 9.44. The average Bonchev–Trinajstić information content (AvgIpc) is 2.85. The normalized spacial score (nSPS) is 15.0. The van der Waals surface area contributed by atoms with Gasteiger partial charge in [-0.15, -0.1) is 0 Å². The van der Waals surface area contributed by atoms with Crippen LogP contribution in [0.15, 0.2) is 33.1 Å². The lowest BCUT2D eigenvalue weighted by molar-refractivity contribution is 0.368. The fourth-order valence-electron chi connectivity index (χ4n) is 1.62. The highest BCUT2D eigenvalue weighted by molar-refractivity contribution is 5.17. The summed E-state index contributed by atoms with van der Waals surface area (Å²) < 4.78 is 10.9. The van der Waals surface area contributed by atoms with Gasteiger partial charge in [0, 0.05) is 0 Å². The first-order valence-electron chi connectivity index (χ1n) is 5.22. The molecule has 0 aliphatic rings. The van der Waals surface area contributed by atoms with E-state index < -0.39 is 0 Å². The number of hydrogen-bond donors (Lipinski definition) is 2. The Morgan fingerprint density at radius 3 is 1.44 bits per heavy atom. The Labute approximate surface area is 94.2 Å². The molecule has 86 valence electrons. The van der Waals surface area contributed by atoms with Gasteiger partial charge in [-0.3, -0.25) is 0 Å². The maximum absolute atomic E-state index is 6.01. The minimum Gasteiger partial charge on any atom is -0.465 e. The largest absolute Gasteiger partial charge is 0.465 e. The number of aryl methyl sites for hydroxylation is 2. The summed E-state index contributed by atoms with van der Waals surface area (Å²) in [6, 6.07) is 6.65. The quantitative estimate of drug-likeness (QED) is 0.831. The van der Waals surface area contributed by atoms with Crippen LogP contribution in [0.4, 0.5) is 0 Å². The summed E-state index contributed by atoms with van der Waals surface area (Å²) in [4.78, 5) is 0. The summed E-state index contributed by atoms with van der Waals surface area (Å²) in [6.07, 6.45) is 0. The van der Waals surface area contributed by atoms with Crippen molar-refractivity contribution in [3.05, 3.63) is 47.3 Å². The Balaban J connectivity index is 2.19. The SMILES string of the molecule is Cc1ccc(C(N)C(N)c2ccc(C)o2)o1. The molecule has 0 spiro atoms. The van der Waals surface area contributed by atoms with E-state index in [2.05, 4.69) is 0 Å². The predicted octanol–water partition coefficient (Wildman–Crippen LogP) is 2.19. The summed E-state index contributed by atoms with van der Waals surface area (Å²) >= 11 is 0. The summed E-state index contributed by atoms with van der Waals surface area (Å²) in [7, 11) is 0. The molecule has 0 saturated carbocycles. The molecule has 2 atom stereocenters. The van der Waals surface area contributed by atoms with Gasteiger partial charge in [-0.2, -0.15) is 0 Å². The first kappa shape index (κ1) is 11.0. The summed E-state index contributed by atoms with van der Waals surface area (Å²) in [5, 5.41) is 0. The van der Waals surface area contributed by atoms with E-state index >= 15 is 0 Å². The predicted molar refractivity (Wildman–Crippen MR) is 60.7 cm³/mol. The molecule has 0 fully saturated rings. The van der Waals surface area contributed by atoms with Crippen molar-refractivity contribution in [1.82, 2.24) is 0 Å².